The number of fused-ring (bicyclic) bond motifs is 1. The molecule has 1 atom stereocenters. The standard InChI is InChI=1S/C10H12N2S/c1-7(11)4-8-2-3-10-9(5-8)6-12-13-10/h2-3,5-7H,4,11H2,1H3. The summed E-state index contributed by atoms with van der Waals surface area (Å²) in [5, 5.41) is 1.23. The summed E-state index contributed by atoms with van der Waals surface area (Å²) in [6.07, 6.45) is 2.84. The molecule has 13 heavy (non-hydrogen) atoms. The van der Waals surface area contributed by atoms with E-state index in [0.717, 1.165) is 6.42 Å². The molecule has 0 radical (unpaired) electrons. The first kappa shape index (κ1) is 8.66. The molecule has 1 heterocycles. The first-order chi connectivity index (χ1) is 6.25. The van der Waals surface area contributed by atoms with Crippen LogP contribution in [-0.2, 0) is 6.42 Å². The van der Waals surface area contributed by atoms with Crippen LogP contribution in [-0.4, -0.2) is 10.4 Å². The summed E-state index contributed by atoms with van der Waals surface area (Å²) in [4.78, 5) is 0. The maximum atomic E-state index is 5.73. The van der Waals surface area contributed by atoms with Crippen molar-refractivity contribution in [1.82, 2.24) is 4.37 Å². The third-order valence-corrected chi connectivity index (χ3v) is 2.75. The van der Waals surface area contributed by atoms with E-state index < -0.39 is 0 Å². The van der Waals surface area contributed by atoms with Gasteiger partial charge in [0.2, 0.25) is 0 Å². The zero-order chi connectivity index (χ0) is 9.26. The second-order valence-electron chi connectivity index (χ2n) is 3.38. The number of nitrogens with two attached hydrogens (primary N) is 1. The van der Waals surface area contributed by atoms with E-state index in [4.69, 9.17) is 5.73 Å². The van der Waals surface area contributed by atoms with Crippen molar-refractivity contribution in [2.45, 2.75) is 19.4 Å². The van der Waals surface area contributed by atoms with Crippen LogP contribution in [0.15, 0.2) is 24.4 Å². The molecule has 68 valence electrons. The molecule has 1 unspecified atom stereocenters. The lowest BCUT2D eigenvalue weighted by molar-refractivity contribution is 0.739. The summed E-state index contributed by atoms with van der Waals surface area (Å²) in [6, 6.07) is 6.64. The lowest BCUT2D eigenvalue weighted by Crippen LogP contribution is -2.17. The van der Waals surface area contributed by atoms with Crippen molar-refractivity contribution in [1.29, 1.82) is 0 Å². The van der Waals surface area contributed by atoms with Gasteiger partial charge in [-0.2, -0.15) is 4.37 Å². The molecule has 1 aromatic carbocycles. The molecule has 0 fully saturated rings. The molecule has 0 saturated carbocycles. The summed E-state index contributed by atoms with van der Waals surface area (Å²) in [7, 11) is 0. The van der Waals surface area contributed by atoms with Crippen LogP contribution in [0.4, 0.5) is 0 Å². The van der Waals surface area contributed by atoms with E-state index in [9.17, 15) is 0 Å². The van der Waals surface area contributed by atoms with E-state index in [-0.39, 0.29) is 6.04 Å². The molecule has 2 N–H and O–H groups in total. The maximum absolute atomic E-state index is 5.73. The van der Waals surface area contributed by atoms with Gasteiger partial charge < -0.3 is 5.73 Å². The monoisotopic (exact) mass is 192 g/mol. The molecule has 0 aliphatic carbocycles. The van der Waals surface area contributed by atoms with Gasteiger partial charge >= 0.3 is 0 Å². The predicted molar refractivity (Wildman–Crippen MR) is 57.0 cm³/mol. The molecule has 2 aromatic rings. The Balaban J connectivity index is 2.37. The summed E-state index contributed by atoms with van der Waals surface area (Å²) in [5.41, 5.74) is 7.02. The highest BCUT2D eigenvalue weighted by molar-refractivity contribution is 7.13. The van der Waals surface area contributed by atoms with E-state index in [1.54, 1.807) is 0 Å². The molecule has 3 heteroatoms. The molecule has 2 nitrogen and oxygen atoms in total. The van der Waals surface area contributed by atoms with Crippen molar-refractivity contribution in [3.05, 3.63) is 30.0 Å². The summed E-state index contributed by atoms with van der Waals surface area (Å²) in [5.74, 6) is 0. The first-order valence-electron chi connectivity index (χ1n) is 4.34. The van der Waals surface area contributed by atoms with Gasteiger partial charge in [-0.3, -0.25) is 0 Å². The quantitative estimate of drug-likeness (QED) is 0.792. The van der Waals surface area contributed by atoms with Crippen LogP contribution in [0.2, 0.25) is 0 Å². The van der Waals surface area contributed by atoms with Crippen LogP contribution in [0, 0.1) is 0 Å². The minimum absolute atomic E-state index is 0.226. The fraction of sp³-hybridized carbons (Fsp3) is 0.300. The van der Waals surface area contributed by atoms with Crippen LogP contribution < -0.4 is 5.73 Å². The van der Waals surface area contributed by atoms with Crippen molar-refractivity contribution >= 4 is 21.6 Å². The van der Waals surface area contributed by atoms with Gasteiger partial charge in [0, 0.05) is 17.6 Å². The normalized spacial score (nSPS) is 13.4. The Labute approximate surface area is 81.5 Å². The fourth-order valence-electron chi connectivity index (χ4n) is 1.42. The average Bonchev–Trinajstić information content (AvgIpc) is 2.49. The Morgan fingerprint density at radius 3 is 3.15 bits per heavy atom. The molecule has 0 bridgehead atoms. The van der Waals surface area contributed by atoms with Crippen LogP contribution in [0.25, 0.3) is 10.1 Å². The van der Waals surface area contributed by atoms with E-state index in [1.807, 2.05) is 13.1 Å². The highest BCUT2D eigenvalue weighted by atomic mass is 32.1. The minimum Gasteiger partial charge on any atom is -0.328 e. The average molecular weight is 192 g/mol. The lowest BCUT2D eigenvalue weighted by atomic mass is 10.1. The van der Waals surface area contributed by atoms with E-state index in [2.05, 4.69) is 22.6 Å². The third kappa shape index (κ3) is 1.87. The molecule has 0 amide bonds. The number of rotatable bonds is 2. The van der Waals surface area contributed by atoms with Crippen molar-refractivity contribution in [3.63, 3.8) is 0 Å². The van der Waals surface area contributed by atoms with Gasteiger partial charge in [-0.05, 0) is 42.6 Å². The van der Waals surface area contributed by atoms with Gasteiger partial charge in [0.25, 0.3) is 0 Å². The van der Waals surface area contributed by atoms with Crippen LogP contribution in [0.5, 0.6) is 0 Å². The number of hydrogen-bond donors (Lipinski definition) is 1. The van der Waals surface area contributed by atoms with Crippen LogP contribution in [0.3, 0.4) is 0 Å². The Bertz CT molecular complexity index is 406. The second kappa shape index (κ2) is 3.44. The Morgan fingerprint density at radius 2 is 2.38 bits per heavy atom. The van der Waals surface area contributed by atoms with Gasteiger partial charge in [-0.15, -0.1) is 0 Å². The minimum atomic E-state index is 0.226. The molecule has 0 aliphatic heterocycles. The molecule has 1 aromatic heterocycles. The van der Waals surface area contributed by atoms with Gasteiger partial charge in [-0.1, -0.05) is 6.07 Å². The molecule has 0 spiro atoms. The predicted octanol–water partition coefficient (Wildman–Crippen LogP) is 2.19. The SMILES string of the molecule is CC(N)Cc1ccc2sncc2c1. The number of benzene rings is 1. The van der Waals surface area contributed by atoms with Crippen molar-refractivity contribution in [3.8, 4) is 0 Å². The summed E-state index contributed by atoms with van der Waals surface area (Å²) < 4.78 is 5.38. The fourth-order valence-corrected chi connectivity index (χ4v) is 2.05. The zero-order valence-corrected chi connectivity index (χ0v) is 8.34. The van der Waals surface area contributed by atoms with Crippen LogP contribution in [0.1, 0.15) is 12.5 Å². The smallest absolute Gasteiger partial charge is 0.0550 e. The van der Waals surface area contributed by atoms with Crippen molar-refractivity contribution in [2.24, 2.45) is 5.73 Å². The molecule has 0 aliphatic rings. The van der Waals surface area contributed by atoms with Gasteiger partial charge in [0.1, 0.15) is 0 Å². The van der Waals surface area contributed by atoms with Gasteiger partial charge in [-0.25, -0.2) is 0 Å². The molecular weight excluding hydrogens is 180 g/mol. The van der Waals surface area contributed by atoms with Gasteiger partial charge in [0.05, 0.1) is 4.70 Å². The third-order valence-electron chi connectivity index (χ3n) is 1.97. The first-order valence-corrected chi connectivity index (χ1v) is 5.12. The second-order valence-corrected chi connectivity index (χ2v) is 4.21. The Hall–Kier alpha value is -0.930. The summed E-state index contributed by atoms with van der Waals surface area (Å²) >= 11 is 1.53. The maximum Gasteiger partial charge on any atom is 0.0550 e. The highest BCUT2D eigenvalue weighted by Crippen LogP contribution is 2.19. The summed E-state index contributed by atoms with van der Waals surface area (Å²) in [6.45, 7) is 2.02. The van der Waals surface area contributed by atoms with Crippen molar-refractivity contribution in [2.75, 3.05) is 0 Å². The lowest BCUT2D eigenvalue weighted by Gasteiger charge is -2.04. The number of nitrogens with zero attached hydrogens (tertiary/aromatic N) is 1. The van der Waals surface area contributed by atoms with E-state index >= 15 is 0 Å². The molecular formula is C10H12N2S. The largest absolute Gasteiger partial charge is 0.328 e. The zero-order valence-electron chi connectivity index (χ0n) is 7.53. The van der Waals surface area contributed by atoms with Crippen molar-refractivity contribution < 1.29 is 0 Å². The van der Waals surface area contributed by atoms with E-state index in [0.29, 0.717) is 0 Å². The van der Waals surface area contributed by atoms with E-state index in [1.165, 1.54) is 27.2 Å². The van der Waals surface area contributed by atoms with Gasteiger partial charge in [0.15, 0.2) is 0 Å². The Morgan fingerprint density at radius 1 is 1.54 bits per heavy atom. The molecule has 0 saturated heterocycles. The topological polar surface area (TPSA) is 38.9 Å². The number of aromatic nitrogens is 1. The Kier molecular flexibility index (Phi) is 2.29. The molecule has 2 rings (SSSR count). The highest BCUT2D eigenvalue weighted by Gasteiger charge is 2.00. The van der Waals surface area contributed by atoms with Crippen LogP contribution >= 0.6 is 11.5 Å². The number of hydrogen-bond acceptors (Lipinski definition) is 3.